The summed E-state index contributed by atoms with van der Waals surface area (Å²) in [6.45, 7) is 1.96. The number of halogens is 1. The van der Waals surface area contributed by atoms with Crippen LogP contribution in [0.5, 0.6) is 17.4 Å². The second-order valence-corrected chi connectivity index (χ2v) is 7.51. The second-order valence-electron chi connectivity index (χ2n) is 7.11. The summed E-state index contributed by atoms with van der Waals surface area (Å²) in [5, 5.41) is 0.507. The highest BCUT2D eigenvalue weighted by atomic mass is 35.5. The molecule has 0 radical (unpaired) electrons. The lowest BCUT2D eigenvalue weighted by Crippen LogP contribution is -2.23. The van der Waals surface area contributed by atoms with Crippen LogP contribution in [0.1, 0.15) is 5.56 Å². The molecule has 2 aromatic carbocycles. The van der Waals surface area contributed by atoms with Crippen molar-refractivity contribution in [3.05, 3.63) is 71.4 Å². The van der Waals surface area contributed by atoms with Gasteiger partial charge in [-0.2, -0.15) is 0 Å². The molecule has 6 nitrogen and oxygen atoms in total. The zero-order valence-corrected chi connectivity index (χ0v) is 17.7. The fourth-order valence-corrected chi connectivity index (χ4v) is 3.35. The van der Waals surface area contributed by atoms with E-state index in [1.165, 1.54) is 0 Å². The van der Waals surface area contributed by atoms with Crippen molar-refractivity contribution in [1.29, 1.82) is 0 Å². The van der Waals surface area contributed by atoms with Crippen LogP contribution in [0, 0.1) is 0 Å². The van der Waals surface area contributed by atoms with E-state index in [1.54, 1.807) is 12.3 Å². The molecule has 4 rings (SSSR count). The summed E-state index contributed by atoms with van der Waals surface area (Å²) in [5.41, 5.74) is 2.92. The summed E-state index contributed by atoms with van der Waals surface area (Å²) in [4.78, 5) is 12.9. The number of aromatic nitrogens is 1. The third-order valence-corrected chi connectivity index (χ3v) is 4.95. The van der Waals surface area contributed by atoms with Gasteiger partial charge in [0.1, 0.15) is 24.8 Å². The summed E-state index contributed by atoms with van der Waals surface area (Å²) in [5.74, 6) is 1.88. The molecular formula is C23H23ClN4O2. The van der Waals surface area contributed by atoms with Crippen molar-refractivity contribution in [3.8, 4) is 17.4 Å². The normalized spacial score (nSPS) is 12.7. The molecule has 0 fully saturated rings. The third kappa shape index (κ3) is 4.56. The Labute approximate surface area is 181 Å². The predicted octanol–water partition coefficient (Wildman–Crippen LogP) is 5.00. The number of anilines is 2. The van der Waals surface area contributed by atoms with Crippen molar-refractivity contribution < 1.29 is 9.47 Å². The quantitative estimate of drug-likeness (QED) is 0.536. The van der Waals surface area contributed by atoms with Gasteiger partial charge < -0.3 is 19.3 Å². The maximum Gasteiger partial charge on any atom is 0.219 e. The molecule has 7 heteroatoms. The molecule has 0 spiro atoms. The van der Waals surface area contributed by atoms with E-state index < -0.39 is 0 Å². The van der Waals surface area contributed by atoms with E-state index in [4.69, 9.17) is 21.1 Å². The summed E-state index contributed by atoms with van der Waals surface area (Å²) in [7, 11) is 4.05. The van der Waals surface area contributed by atoms with Crippen LogP contribution < -0.4 is 14.4 Å². The van der Waals surface area contributed by atoms with Crippen LogP contribution in [-0.4, -0.2) is 50.0 Å². The van der Waals surface area contributed by atoms with E-state index in [2.05, 4.69) is 25.8 Å². The lowest BCUT2D eigenvalue weighted by molar-refractivity contribution is 0.261. The Hall–Kier alpha value is -3.09. The topological polar surface area (TPSA) is 50.2 Å². The fraction of sp³-hybridized carbons (Fsp3) is 0.217. The SMILES string of the molecule is CN(C)CCOc1cccc2c1C=NCN2c1ccc(Oc2ccccn2)c(Cl)c1. The Morgan fingerprint density at radius 1 is 1.07 bits per heavy atom. The van der Waals surface area contributed by atoms with Gasteiger partial charge in [0.25, 0.3) is 0 Å². The van der Waals surface area contributed by atoms with Gasteiger partial charge in [0.05, 0.1) is 16.3 Å². The minimum atomic E-state index is 0.500. The average molecular weight is 423 g/mol. The van der Waals surface area contributed by atoms with Gasteiger partial charge in [-0.25, -0.2) is 4.98 Å². The van der Waals surface area contributed by atoms with Crippen molar-refractivity contribution in [3.63, 3.8) is 0 Å². The molecule has 0 bridgehead atoms. The first-order valence-corrected chi connectivity index (χ1v) is 10.1. The van der Waals surface area contributed by atoms with Crippen LogP contribution in [0.15, 0.2) is 65.8 Å². The van der Waals surface area contributed by atoms with Crippen LogP contribution in [0.2, 0.25) is 5.02 Å². The average Bonchev–Trinajstić information content (AvgIpc) is 2.75. The maximum absolute atomic E-state index is 6.51. The number of benzene rings is 2. The van der Waals surface area contributed by atoms with Gasteiger partial charge in [-0.05, 0) is 50.5 Å². The van der Waals surface area contributed by atoms with E-state index in [9.17, 15) is 0 Å². The van der Waals surface area contributed by atoms with Gasteiger partial charge in [-0.15, -0.1) is 0 Å². The van der Waals surface area contributed by atoms with Crippen LogP contribution in [0.4, 0.5) is 11.4 Å². The third-order valence-electron chi connectivity index (χ3n) is 4.65. The highest BCUT2D eigenvalue weighted by molar-refractivity contribution is 6.32. The van der Waals surface area contributed by atoms with Crippen LogP contribution in [-0.2, 0) is 0 Å². The Morgan fingerprint density at radius 3 is 2.73 bits per heavy atom. The molecule has 0 aliphatic carbocycles. The number of likely N-dealkylation sites (N-methyl/N-ethyl adjacent to an activating group) is 1. The molecular weight excluding hydrogens is 400 g/mol. The van der Waals surface area contributed by atoms with E-state index in [0.717, 1.165) is 29.2 Å². The first kappa shape index (κ1) is 20.2. The van der Waals surface area contributed by atoms with E-state index in [0.29, 0.717) is 29.9 Å². The van der Waals surface area contributed by atoms with Gasteiger partial charge in [0, 0.05) is 30.7 Å². The Morgan fingerprint density at radius 2 is 1.97 bits per heavy atom. The highest BCUT2D eigenvalue weighted by Gasteiger charge is 2.20. The summed E-state index contributed by atoms with van der Waals surface area (Å²) >= 11 is 6.51. The number of hydrogen-bond donors (Lipinski definition) is 0. The van der Waals surface area contributed by atoms with E-state index in [-0.39, 0.29) is 0 Å². The lowest BCUT2D eigenvalue weighted by atomic mass is 10.1. The van der Waals surface area contributed by atoms with Crippen molar-refractivity contribution in [2.45, 2.75) is 0 Å². The standard InChI is InChI=1S/C23H23ClN4O2/c1-27(2)12-13-29-21-7-5-6-20-18(21)15-25-16-28(20)17-9-10-22(19(24)14-17)30-23-8-3-4-11-26-23/h3-11,14-15H,12-13,16H2,1-2H3. The van der Waals surface area contributed by atoms with E-state index >= 15 is 0 Å². The van der Waals surface area contributed by atoms with Crippen molar-refractivity contribution in [2.24, 2.45) is 4.99 Å². The molecule has 0 unspecified atom stereocenters. The van der Waals surface area contributed by atoms with Crippen LogP contribution in [0.3, 0.4) is 0 Å². The molecule has 1 aliphatic rings. The molecule has 1 aromatic heterocycles. The van der Waals surface area contributed by atoms with Crippen molar-refractivity contribution >= 4 is 29.2 Å². The predicted molar refractivity (Wildman–Crippen MR) is 121 cm³/mol. The summed E-state index contributed by atoms with van der Waals surface area (Å²) in [6.07, 6.45) is 3.55. The largest absolute Gasteiger partial charge is 0.491 e. The number of nitrogens with zero attached hydrogens (tertiary/aromatic N) is 4. The maximum atomic E-state index is 6.51. The number of rotatable bonds is 7. The number of ether oxygens (including phenoxy) is 2. The number of aliphatic imine (C=N–C) groups is 1. The number of pyridine rings is 1. The molecule has 0 saturated heterocycles. The molecule has 1 aliphatic heterocycles. The summed E-state index contributed by atoms with van der Waals surface area (Å²) < 4.78 is 11.8. The van der Waals surface area contributed by atoms with Crippen LogP contribution >= 0.6 is 11.6 Å². The first-order chi connectivity index (χ1) is 14.6. The molecule has 0 atom stereocenters. The Bertz CT molecular complexity index is 1040. The zero-order chi connectivity index (χ0) is 20.9. The Balaban J connectivity index is 1.57. The van der Waals surface area contributed by atoms with Gasteiger partial charge >= 0.3 is 0 Å². The fourth-order valence-electron chi connectivity index (χ4n) is 3.13. The van der Waals surface area contributed by atoms with Crippen molar-refractivity contribution in [1.82, 2.24) is 9.88 Å². The smallest absolute Gasteiger partial charge is 0.219 e. The zero-order valence-electron chi connectivity index (χ0n) is 17.0. The lowest BCUT2D eigenvalue weighted by Gasteiger charge is -2.29. The monoisotopic (exact) mass is 422 g/mol. The van der Waals surface area contributed by atoms with Gasteiger partial charge in [0.15, 0.2) is 0 Å². The number of fused-ring (bicyclic) bond motifs is 1. The first-order valence-electron chi connectivity index (χ1n) is 9.68. The molecule has 0 saturated carbocycles. The molecule has 30 heavy (non-hydrogen) atoms. The Kier molecular flexibility index (Phi) is 6.16. The highest BCUT2D eigenvalue weighted by Crippen LogP contribution is 2.38. The van der Waals surface area contributed by atoms with Gasteiger partial charge in [0.2, 0.25) is 5.88 Å². The minimum Gasteiger partial charge on any atom is -0.491 e. The van der Waals surface area contributed by atoms with Gasteiger partial charge in [-0.3, -0.25) is 4.99 Å². The molecule has 154 valence electrons. The molecule has 2 heterocycles. The number of hydrogen-bond acceptors (Lipinski definition) is 6. The second kappa shape index (κ2) is 9.15. The van der Waals surface area contributed by atoms with Gasteiger partial charge in [-0.1, -0.05) is 23.7 Å². The minimum absolute atomic E-state index is 0.500. The molecule has 3 aromatic rings. The van der Waals surface area contributed by atoms with Crippen molar-refractivity contribution in [2.75, 3.05) is 38.8 Å². The van der Waals surface area contributed by atoms with Crippen LogP contribution in [0.25, 0.3) is 0 Å². The molecule has 0 N–H and O–H groups in total. The molecule has 0 amide bonds. The summed E-state index contributed by atoms with van der Waals surface area (Å²) in [6, 6.07) is 17.2. The van der Waals surface area contributed by atoms with E-state index in [1.807, 2.05) is 62.8 Å².